The van der Waals surface area contributed by atoms with Crippen LogP contribution >= 0.6 is 0 Å². The molecule has 0 bridgehead atoms. The van der Waals surface area contributed by atoms with Gasteiger partial charge in [-0.3, -0.25) is 4.55 Å². The van der Waals surface area contributed by atoms with Crippen LogP contribution in [0.25, 0.3) is 0 Å². The quantitative estimate of drug-likeness (QED) is 0.542. The van der Waals surface area contributed by atoms with Gasteiger partial charge in [-0.05, 0) is 24.6 Å². The van der Waals surface area contributed by atoms with Crippen LogP contribution in [0.4, 0.5) is 0 Å². The number of rotatable bonds is 8. The molecule has 0 aliphatic carbocycles. The van der Waals surface area contributed by atoms with Crippen molar-refractivity contribution < 1.29 is 25.3 Å². The zero-order valence-corrected chi connectivity index (χ0v) is 13.8. The molecule has 0 aromatic rings. The smallest absolute Gasteiger partial charge is 0.284 e. The Hall–Kier alpha value is 0.0369. The van der Waals surface area contributed by atoms with Gasteiger partial charge in [0.1, 0.15) is 0 Å². The van der Waals surface area contributed by atoms with Gasteiger partial charge in [0, 0.05) is 0 Å². The minimum atomic E-state index is -4.66. The van der Waals surface area contributed by atoms with Crippen LogP contribution < -0.4 is 0 Å². The Kier molecular flexibility index (Phi) is 6.48. The molecule has 0 aliphatic rings. The molecule has 6 nitrogen and oxygen atoms in total. The summed E-state index contributed by atoms with van der Waals surface area (Å²) in [5.74, 6) is 0. The van der Waals surface area contributed by atoms with E-state index < -0.39 is 33.1 Å². The predicted molar refractivity (Wildman–Crippen MR) is 72.8 cm³/mol. The average Bonchev–Trinajstić information content (AvgIpc) is 2.24. The highest BCUT2D eigenvalue weighted by molar-refractivity contribution is 8.04. The normalized spacial score (nSPS) is 15.6. The summed E-state index contributed by atoms with van der Waals surface area (Å²) in [4.78, 5) is 0. The maximum absolute atomic E-state index is 12.0. The molecule has 9 heteroatoms. The molecule has 0 rings (SSSR count). The van der Waals surface area contributed by atoms with Crippen molar-refractivity contribution in [2.24, 2.45) is 0 Å². The Morgan fingerprint density at radius 2 is 1.39 bits per heavy atom. The molecule has 0 aromatic heterocycles. The first-order chi connectivity index (χ1) is 8.08. The van der Waals surface area contributed by atoms with Crippen molar-refractivity contribution in [3.05, 3.63) is 0 Å². The molecule has 1 atom stereocenters. The fourth-order valence-corrected chi connectivity index (χ4v) is 9.48. The summed E-state index contributed by atoms with van der Waals surface area (Å²) in [7, 11) is -11.4. The van der Waals surface area contributed by atoms with E-state index in [1.165, 1.54) is 6.92 Å². The van der Waals surface area contributed by atoms with Crippen molar-refractivity contribution >= 4 is 28.6 Å². The maximum Gasteiger partial charge on any atom is 0.284 e. The molecule has 0 fully saturated rings. The Labute approximate surface area is 111 Å². The van der Waals surface area contributed by atoms with Crippen LogP contribution in [0.3, 0.4) is 0 Å². The van der Waals surface area contributed by atoms with E-state index in [9.17, 15) is 16.8 Å². The summed E-state index contributed by atoms with van der Waals surface area (Å²) >= 11 is 0. The van der Waals surface area contributed by atoms with Gasteiger partial charge in [0.25, 0.3) is 20.2 Å². The van der Waals surface area contributed by atoms with Crippen LogP contribution in [0, 0.1) is 0 Å². The van der Waals surface area contributed by atoms with Gasteiger partial charge in [-0.25, -0.2) is 0 Å². The number of hydrogen-bond donors (Lipinski definition) is 1. The molecule has 18 heavy (non-hydrogen) atoms. The van der Waals surface area contributed by atoms with Crippen LogP contribution in [0.1, 0.15) is 34.1 Å². The van der Waals surface area contributed by atoms with E-state index in [1.54, 1.807) is 0 Å². The van der Waals surface area contributed by atoms with Crippen LogP contribution in [0.5, 0.6) is 0 Å². The van der Waals surface area contributed by atoms with E-state index in [1.807, 2.05) is 20.8 Å². The summed E-state index contributed by atoms with van der Waals surface area (Å²) < 4.78 is 58.4. The largest absolute Gasteiger partial charge is 0.314 e. The fourth-order valence-electron chi connectivity index (χ4n) is 1.79. The minimum absolute atomic E-state index is 0.233. The van der Waals surface area contributed by atoms with Crippen LogP contribution in [-0.2, 0) is 24.1 Å². The molecule has 0 aliphatic heterocycles. The molecule has 0 radical (unpaired) electrons. The molecule has 0 spiro atoms. The lowest BCUT2D eigenvalue weighted by Gasteiger charge is -2.28. The second-order valence-electron chi connectivity index (χ2n) is 4.17. The molecular weight excluding hydrogens is 296 g/mol. The van der Waals surface area contributed by atoms with E-state index in [0.717, 1.165) is 0 Å². The standard InChI is InChI=1S/C9H22O6S2Si/c1-5-9(16(10,11)12)17(13,14)15-18(6-2,7-3)8-4/h9H,5-8H2,1-4H3,(H,10,11,12). The lowest BCUT2D eigenvalue weighted by Crippen LogP contribution is -2.43. The van der Waals surface area contributed by atoms with Crippen molar-refractivity contribution in [3.8, 4) is 0 Å². The van der Waals surface area contributed by atoms with Crippen molar-refractivity contribution in [2.75, 3.05) is 0 Å². The van der Waals surface area contributed by atoms with E-state index in [0.29, 0.717) is 18.1 Å². The van der Waals surface area contributed by atoms with E-state index in [4.69, 9.17) is 8.42 Å². The van der Waals surface area contributed by atoms with Crippen molar-refractivity contribution in [2.45, 2.75) is 56.8 Å². The Bertz CT molecular complexity index is 443. The molecule has 0 heterocycles. The summed E-state index contributed by atoms with van der Waals surface area (Å²) in [6.45, 7) is 6.89. The van der Waals surface area contributed by atoms with Gasteiger partial charge >= 0.3 is 0 Å². The van der Waals surface area contributed by atoms with Gasteiger partial charge < -0.3 is 3.87 Å². The van der Waals surface area contributed by atoms with E-state index in [2.05, 4.69) is 0 Å². The van der Waals surface area contributed by atoms with Gasteiger partial charge in [0.15, 0.2) is 0 Å². The Morgan fingerprint density at radius 3 is 1.61 bits per heavy atom. The molecule has 0 saturated heterocycles. The lowest BCUT2D eigenvalue weighted by atomic mass is 10.6. The third kappa shape index (κ3) is 4.30. The monoisotopic (exact) mass is 318 g/mol. The highest BCUT2D eigenvalue weighted by atomic mass is 32.3. The lowest BCUT2D eigenvalue weighted by molar-refractivity contribution is 0.449. The molecular formula is C9H22O6S2Si. The second kappa shape index (κ2) is 6.46. The summed E-state index contributed by atoms with van der Waals surface area (Å²) in [5, 5.41) is 0. The molecule has 110 valence electrons. The van der Waals surface area contributed by atoms with Crippen LogP contribution in [0.2, 0.25) is 18.1 Å². The first kappa shape index (κ1) is 18.0. The van der Waals surface area contributed by atoms with Gasteiger partial charge in [0.2, 0.25) is 12.9 Å². The predicted octanol–water partition coefficient (Wildman–Crippen LogP) is 1.96. The van der Waals surface area contributed by atoms with Crippen molar-refractivity contribution in [1.82, 2.24) is 0 Å². The zero-order chi connectivity index (χ0) is 14.6. The number of hydrogen-bond acceptors (Lipinski definition) is 5. The van der Waals surface area contributed by atoms with Crippen molar-refractivity contribution in [1.29, 1.82) is 0 Å². The van der Waals surface area contributed by atoms with Gasteiger partial charge in [-0.15, -0.1) is 0 Å². The van der Waals surface area contributed by atoms with Gasteiger partial charge in [-0.2, -0.15) is 16.8 Å². The molecule has 1 unspecified atom stereocenters. The molecule has 0 aromatic carbocycles. The SMILES string of the molecule is CCC(S(=O)(=O)O)S(=O)(=O)O[Si](CC)(CC)CC. The highest BCUT2D eigenvalue weighted by Gasteiger charge is 2.42. The van der Waals surface area contributed by atoms with E-state index >= 15 is 0 Å². The summed E-state index contributed by atoms with van der Waals surface area (Å²) in [5.41, 5.74) is 0. The van der Waals surface area contributed by atoms with E-state index in [-0.39, 0.29) is 6.42 Å². The Balaban J connectivity index is 5.41. The Morgan fingerprint density at radius 1 is 1.00 bits per heavy atom. The molecule has 0 amide bonds. The summed E-state index contributed by atoms with van der Waals surface area (Å²) in [6.07, 6.45) is -0.233. The minimum Gasteiger partial charge on any atom is -0.314 e. The maximum atomic E-state index is 12.0. The summed E-state index contributed by atoms with van der Waals surface area (Å²) in [6, 6.07) is 1.75. The average molecular weight is 318 g/mol. The van der Waals surface area contributed by atoms with Crippen LogP contribution in [0.15, 0.2) is 0 Å². The van der Waals surface area contributed by atoms with Gasteiger partial charge in [0.05, 0.1) is 0 Å². The van der Waals surface area contributed by atoms with Gasteiger partial charge in [-0.1, -0.05) is 27.7 Å². The molecule has 0 saturated carbocycles. The first-order valence-electron chi connectivity index (χ1n) is 5.99. The zero-order valence-electron chi connectivity index (χ0n) is 11.2. The van der Waals surface area contributed by atoms with Crippen molar-refractivity contribution in [3.63, 3.8) is 0 Å². The topological polar surface area (TPSA) is 97.7 Å². The fraction of sp³-hybridized carbons (Fsp3) is 1.00. The third-order valence-corrected chi connectivity index (χ3v) is 12.8. The molecule has 1 N–H and O–H groups in total. The first-order valence-corrected chi connectivity index (χ1v) is 11.5. The highest BCUT2D eigenvalue weighted by Crippen LogP contribution is 2.27. The van der Waals surface area contributed by atoms with Crippen LogP contribution in [-0.4, -0.2) is 34.3 Å². The second-order valence-corrected chi connectivity index (χ2v) is 12.8. The third-order valence-electron chi connectivity index (χ3n) is 3.21.